The minimum Gasteiger partial charge on any atom is -0.506 e. The van der Waals surface area contributed by atoms with Crippen LogP contribution in [0.25, 0.3) is 5.69 Å². The van der Waals surface area contributed by atoms with Gasteiger partial charge in [-0.3, -0.25) is 0 Å². The Labute approximate surface area is 102 Å². The van der Waals surface area contributed by atoms with Crippen molar-refractivity contribution in [3.05, 3.63) is 45.7 Å². The molecule has 1 N–H and O–H groups in total. The third-order valence-corrected chi connectivity index (χ3v) is 2.75. The van der Waals surface area contributed by atoms with Gasteiger partial charge in [0.05, 0.1) is 10.0 Å². The Hall–Kier alpha value is -0.830. The average Bonchev–Trinajstić information content (AvgIpc) is 2.45. The fourth-order valence-electron chi connectivity index (χ4n) is 1.32. The molecular formula is C10H6Cl3NO. The van der Waals surface area contributed by atoms with Gasteiger partial charge in [-0.05, 0) is 18.2 Å². The fraction of sp³-hybridized carbons (Fsp3) is 0. The molecule has 0 radical (unpaired) electrons. The highest BCUT2D eigenvalue weighted by atomic mass is 35.5. The Morgan fingerprint density at radius 1 is 1.13 bits per heavy atom. The Morgan fingerprint density at radius 3 is 2.40 bits per heavy atom. The average molecular weight is 263 g/mol. The smallest absolute Gasteiger partial charge is 0.141 e. The molecule has 0 amide bonds. The molecule has 0 aliphatic heterocycles. The monoisotopic (exact) mass is 261 g/mol. The number of phenolic OH excluding ortho intramolecular Hbond substituents is 1. The van der Waals surface area contributed by atoms with E-state index >= 15 is 0 Å². The lowest BCUT2D eigenvalue weighted by Crippen LogP contribution is -1.93. The highest BCUT2D eigenvalue weighted by molar-refractivity contribution is 6.35. The van der Waals surface area contributed by atoms with Crippen molar-refractivity contribution in [1.82, 2.24) is 4.57 Å². The molecule has 0 spiro atoms. The van der Waals surface area contributed by atoms with Gasteiger partial charge in [0.25, 0.3) is 0 Å². The van der Waals surface area contributed by atoms with Crippen molar-refractivity contribution < 1.29 is 5.11 Å². The molecule has 5 heteroatoms. The maximum Gasteiger partial charge on any atom is 0.141 e. The normalized spacial score (nSPS) is 10.6. The van der Waals surface area contributed by atoms with E-state index in [4.69, 9.17) is 34.8 Å². The number of hydrogen-bond acceptors (Lipinski definition) is 1. The topological polar surface area (TPSA) is 25.2 Å². The SMILES string of the molecule is Oc1cccc(Cl)c1-n1cc(Cl)cc1Cl. The predicted molar refractivity (Wildman–Crippen MR) is 62.5 cm³/mol. The van der Waals surface area contributed by atoms with Crippen LogP contribution >= 0.6 is 34.8 Å². The second kappa shape index (κ2) is 3.97. The molecule has 15 heavy (non-hydrogen) atoms. The van der Waals surface area contributed by atoms with Crippen LogP contribution in [0.4, 0.5) is 0 Å². The van der Waals surface area contributed by atoms with Crippen LogP contribution in [-0.4, -0.2) is 9.67 Å². The third-order valence-electron chi connectivity index (χ3n) is 1.95. The van der Waals surface area contributed by atoms with Crippen LogP contribution in [0.2, 0.25) is 15.2 Å². The first-order valence-electron chi connectivity index (χ1n) is 4.11. The number of aromatic hydroxyl groups is 1. The number of halogens is 3. The largest absolute Gasteiger partial charge is 0.506 e. The highest BCUT2D eigenvalue weighted by Gasteiger charge is 2.11. The van der Waals surface area contributed by atoms with E-state index in [0.29, 0.717) is 20.9 Å². The van der Waals surface area contributed by atoms with Gasteiger partial charge in [0.1, 0.15) is 16.6 Å². The first-order valence-corrected chi connectivity index (χ1v) is 5.24. The summed E-state index contributed by atoms with van der Waals surface area (Å²) in [5, 5.41) is 11.0. The Kier molecular flexibility index (Phi) is 2.83. The van der Waals surface area contributed by atoms with E-state index in [1.165, 1.54) is 10.6 Å². The van der Waals surface area contributed by atoms with E-state index < -0.39 is 0 Å². The standard InChI is InChI=1S/C10H6Cl3NO/c11-6-4-9(13)14(5-6)10-7(12)2-1-3-8(10)15/h1-5,15H. The molecule has 0 saturated carbocycles. The summed E-state index contributed by atoms with van der Waals surface area (Å²) in [6.45, 7) is 0. The predicted octanol–water partition coefficient (Wildman–Crippen LogP) is 4.14. The van der Waals surface area contributed by atoms with Crippen molar-refractivity contribution in [3.8, 4) is 11.4 Å². The lowest BCUT2D eigenvalue weighted by molar-refractivity contribution is 0.472. The van der Waals surface area contributed by atoms with Crippen molar-refractivity contribution in [2.45, 2.75) is 0 Å². The number of nitrogens with zero attached hydrogens (tertiary/aromatic N) is 1. The van der Waals surface area contributed by atoms with Gasteiger partial charge in [0.2, 0.25) is 0 Å². The zero-order valence-corrected chi connectivity index (χ0v) is 9.68. The van der Waals surface area contributed by atoms with Crippen LogP contribution in [0.3, 0.4) is 0 Å². The summed E-state index contributed by atoms with van der Waals surface area (Å²) in [4.78, 5) is 0. The number of rotatable bonds is 1. The number of phenols is 1. The second-order valence-electron chi connectivity index (χ2n) is 2.96. The quantitative estimate of drug-likeness (QED) is 0.821. The summed E-state index contributed by atoms with van der Waals surface area (Å²) >= 11 is 17.7. The van der Waals surface area contributed by atoms with Crippen LogP contribution in [-0.2, 0) is 0 Å². The van der Waals surface area contributed by atoms with Crippen molar-refractivity contribution in [2.24, 2.45) is 0 Å². The minimum atomic E-state index is 0.0525. The molecule has 2 aromatic rings. The van der Waals surface area contributed by atoms with Gasteiger partial charge in [-0.15, -0.1) is 0 Å². The molecule has 0 aliphatic rings. The molecule has 2 nitrogen and oxygen atoms in total. The van der Waals surface area contributed by atoms with Crippen molar-refractivity contribution in [3.63, 3.8) is 0 Å². The molecule has 1 aromatic carbocycles. The fourth-order valence-corrected chi connectivity index (χ4v) is 2.09. The number of benzene rings is 1. The lowest BCUT2D eigenvalue weighted by Gasteiger charge is -2.08. The number of para-hydroxylation sites is 1. The van der Waals surface area contributed by atoms with Gasteiger partial charge in [0.15, 0.2) is 0 Å². The van der Waals surface area contributed by atoms with Gasteiger partial charge in [0, 0.05) is 6.20 Å². The summed E-state index contributed by atoms with van der Waals surface area (Å²) in [7, 11) is 0. The molecule has 78 valence electrons. The maximum atomic E-state index is 9.67. The highest BCUT2D eigenvalue weighted by Crippen LogP contribution is 2.33. The Balaban J connectivity index is 2.68. The molecule has 1 aromatic heterocycles. The van der Waals surface area contributed by atoms with Crippen LogP contribution in [0.15, 0.2) is 30.5 Å². The van der Waals surface area contributed by atoms with E-state index in [9.17, 15) is 5.11 Å². The summed E-state index contributed by atoms with van der Waals surface area (Å²) in [5.74, 6) is 0.0525. The van der Waals surface area contributed by atoms with Crippen LogP contribution in [0, 0.1) is 0 Å². The van der Waals surface area contributed by atoms with Gasteiger partial charge >= 0.3 is 0 Å². The minimum absolute atomic E-state index is 0.0525. The Bertz CT molecular complexity index is 487. The van der Waals surface area contributed by atoms with Gasteiger partial charge in [-0.25, -0.2) is 0 Å². The zero-order valence-electron chi connectivity index (χ0n) is 7.42. The van der Waals surface area contributed by atoms with E-state index in [2.05, 4.69) is 0 Å². The molecule has 0 atom stereocenters. The summed E-state index contributed by atoms with van der Waals surface area (Å²) < 4.78 is 1.53. The van der Waals surface area contributed by atoms with Crippen LogP contribution in [0.1, 0.15) is 0 Å². The molecule has 0 aliphatic carbocycles. The van der Waals surface area contributed by atoms with Gasteiger partial charge in [-0.2, -0.15) is 0 Å². The van der Waals surface area contributed by atoms with E-state index in [1.807, 2.05) is 0 Å². The van der Waals surface area contributed by atoms with Gasteiger partial charge < -0.3 is 9.67 Å². The summed E-state index contributed by atoms with van der Waals surface area (Å²) in [5.41, 5.74) is 0.427. The van der Waals surface area contributed by atoms with E-state index in [-0.39, 0.29) is 5.75 Å². The zero-order chi connectivity index (χ0) is 11.0. The van der Waals surface area contributed by atoms with Crippen molar-refractivity contribution in [1.29, 1.82) is 0 Å². The van der Waals surface area contributed by atoms with Crippen molar-refractivity contribution >= 4 is 34.8 Å². The molecule has 1 heterocycles. The Morgan fingerprint density at radius 2 is 1.87 bits per heavy atom. The van der Waals surface area contributed by atoms with Crippen molar-refractivity contribution in [2.75, 3.05) is 0 Å². The summed E-state index contributed by atoms with van der Waals surface area (Å²) in [6, 6.07) is 6.43. The summed E-state index contributed by atoms with van der Waals surface area (Å²) in [6.07, 6.45) is 1.59. The van der Waals surface area contributed by atoms with E-state index in [1.54, 1.807) is 24.4 Å². The molecule has 0 bridgehead atoms. The number of aromatic nitrogens is 1. The number of hydrogen-bond donors (Lipinski definition) is 1. The first-order chi connectivity index (χ1) is 7.09. The maximum absolute atomic E-state index is 9.67. The van der Waals surface area contributed by atoms with E-state index in [0.717, 1.165) is 0 Å². The molecule has 0 unspecified atom stereocenters. The van der Waals surface area contributed by atoms with Crippen LogP contribution < -0.4 is 0 Å². The molecule has 0 fully saturated rings. The van der Waals surface area contributed by atoms with Gasteiger partial charge in [-0.1, -0.05) is 40.9 Å². The molecule has 2 rings (SSSR count). The first kappa shape index (κ1) is 10.7. The lowest BCUT2D eigenvalue weighted by atomic mass is 10.3. The molecular weight excluding hydrogens is 256 g/mol. The molecule has 0 saturated heterocycles. The second-order valence-corrected chi connectivity index (χ2v) is 4.19. The third kappa shape index (κ3) is 1.93. The van der Waals surface area contributed by atoms with Crippen LogP contribution in [0.5, 0.6) is 5.75 Å².